The zero-order valence-corrected chi connectivity index (χ0v) is 25.0. The summed E-state index contributed by atoms with van der Waals surface area (Å²) in [7, 11) is 0. The van der Waals surface area contributed by atoms with Gasteiger partial charge in [0.15, 0.2) is 11.5 Å². The molecule has 0 aromatic heterocycles. The Labute approximate surface area is 236 Å². The molecule has 5 atom stereocenters. The highest BCUT2D eigenvalue weighted by Crippen LogP contribution is 2.37. The number of hydrogen-bond donors (Lipinski definition) is 2. The predicted octanol–water partition coefficient (Wildman–Crippen LogP) is 5.38. The monoisotopic (exact) mass is 567 g/mol. The Bertz CT molecular complexity index is 1010. The smallest absolute Gasteiger partial charge is 0.480 e. The summed E-state index contributed by atoms with van der Waals surface area (Å²) >= 11 is 0. The number of esters is 1. The van der Waals surface area contributed by atoms with E-state index < -0.39 is 48.2 Å². The van der Waals surface area contributed by atoms with E-state index in [-0.39, 0.29) is 48.4 Å². The first kappa shape index (κ1) is 34.7. The Hall–Kier alpha value is -3.34. The number of hydrogen-bond acceptors (Lipinski definition) is 10. The number of aliphatic carboxylic acids is 1. The van der Waals surface area contributed by atoms with Crippen LogP contribution in [0.25, 0.3) is 0 Å². The van der Waals surface area contributed by atoms with Crippen LogP contribution < -0.4 is 15.2 Å². The summed E-state index contributed by atoms with van der Waals surface area (Å²) in [6.45, 7) is 16.6. The molecule has 0 bridgehead atoms. The van der Waals surface area contributed by atoms with Gasteiger partial charge in [-0.25, -0.2) is 9.59 Å². The summed E-state index contributed by atoms with van der Waals surface area (Å²) in [4.78, 5) is 49.2. The third-order valence-electron chi connectivity index (χ3n) is 6.46. The Morgan fingerprint density at radius 1 is 0.800 bits per heavy atom. The number of rotatable bonds is 14. The number of benzene rings is 1. The summed E-state index contributed by atoms with van der Waals surface area (Å²) in [5.74, 6) is -3.66. The molecule has 0 fully saturated rings. The standard InChI is InChI=1S/C29H45NO10/c1-15(2)13-36-28(34)39-22-11-10-21(12-23(22)40-29(35)37-14-16(3)4)24(25(30)26(31)32)19(8)20(9)38-27(33)18(7)17(5)6/h10-12,15-20,24-25H,13-14,30H2,1-9H3,(H,31,32)/t18?,19?,20?,24?,25-/m0/s1. The van der Waals surface area contributed by atoms with Crippen molar-refractivity contribution in [2.75, 3.05) is 13.2 Å². The van der Waals surface area contributed by atoms with Crippen molar-refractivity contribution in [1.29, 1.82) is 0 Å². The number of carboxylic acid groups (broad SMARTS) is 1. The fourth-order valence-electron chi connectivity index (χ4n) is 3.56. The number of carbonyl (C=O) groups is 4. The van der Waals surface area contributed by atoms with E-state index in [4.69, 9.17) is 29.4 Å². The maximum absolute atomic E-state index is 12.6. The van der Waals surface area contributed by atoms with Gasteiger partial charge < -0.3 is 34.5 Å². The molecule has 3 N–H and O–H groups in total. The van der Waals surface area contributed by atoms with Gasteiger partial charge in [0.25, 0.3) is 0 Å². The molecule has 0 radical (unpaired) electrons. The van der Waals surface area contributed by atoms with Gasteiger partial charge in [-0.1, -0.05) is 61.5 Å². The van der Waals surface area contributed by atoms with Crippen molar-refractivity contribution >= 4 is 24.2 Å². The van der Waals surface area contributed by atoms with Crippen LogP contribution >= 0.6 is 0 Å². The lowest BCUT2D eigenvalue weighted by Crippen LogP contribution is -2.43. The summed E-state index contributed by atoms with van der Waals surface area (Å²) in [6.07, 6.45) is -2.75. The van der Waals surface area contributed by atoms with Crippen LogP contribution in [0.15, 0.2) is 18.2 Å². The Kier molecular flexibility index (Phi) is 13.9. The number of nitrogens with two attached hydrogens (primary N) is 1. The van der Waals surface area contributed by atoms with Crippen LogP contribution in [-0.2, 0) is 23.8 Å². The van der Waals surface area contributed by atoms with E-state index >= 15 is 0 Å². The minimum absolute atomic E-state index is 0.0435. The van der Waals surface area contributed by atoms with Gasteiger partial charge in [-0.15, -0.1) is 0 Å². The van der Waals surface area contributed by atoms with Crippen LogP contribution in [0.5, 0.6) is 11.5 Å². The predicted molar refractivity (Wildman–Crippen MR) is 147 cm³/mol. The second-order valence-electron chi connectivity index (χ2n) is 11.2. The van der Waals surface area contributed by atoms with Crippen LogP contribution in [0.2, 0.25) is 0 Å². The molecule has 1 rings (SSSR count). The van der Waals surface area contributed by atoms with Crippen molar-refractivity contribution in [3.63, 3.8) is 0 Å². The van der Waals surface area contributed by atoms with E-state index in [9.17, 15) is 24.3 Å². The summed E-state index contributed by atoms with van der Waals surface area (Å²) < 4.78 is 26.4. The first-order valence-corrected chi connectivity index (χ1v) is 13.6. The van der Waals surface area contributed by atoms with E-state index in [1.165, 1.54) is 18.2 Å². The Morgan fingerprint density at radius 2 is 1.30 bits per heavy atom. The van der Waals surface area contributed by atoms with Crippen molar-refractivity contribution in [1.82, 2.24) is 0 Å². The topological polar surface area (TPSA) is 161 Å². The molecule has 1 aromatic carbocycles. The van der Waals surface area contributed by atoms with Gasteiger partial charge in [-0.2, -0.15) is 0 Å². The molecule has 0 heterocycles. The van der Waals surface area contributed by atoms with Crippen molar-refractivity contribution in [3.8, 4) is 11.5 Å². The molecule has 0 aliphatic heterocycles. The van der Waals surface area contributed by atoms with Gasteiger partial charge in [0.2, 0.25) is 0 Å². The summed E-state index contributed by atoms with van der Waals surface area (Å²) in [6, 6.07) is 2.81. The molecule has 0 amide bonds. The largest absolute Gasteiger partial charge is 0.513 e. The van der Waals surface area contributed by atoms with Gasteiger partial charge in [-0.05, 0) is 42.4 Å². The maximum Gasteiger partial charge on any atom is 0.513 e. The molecule has 11 nitrogen and oxygen atoms in total. The minimum Gasteiger partial charge on any atom is -0.480 e. The molecule has 0 spiro atoms. The average molecular weight is 568 g/mol. The van der Waals surface area contributed by atoms with Crippen molar-refractivity contribution in [2.45, 2.75) is 80.4 Å². The first-order chi connectivity index (χ1) is 18.5. The van der Waals surface area contributed by atoms with Crippen LogP contribution in [0, 0.1) is 29.6 Å². The van der Waals surface area contributed by atoms with Gasteiger partial charge in [-0.3, -0.25) is 9.59 Å². The molecule has 11 heteroatoms. The molecular weight excluding hydrogens is 522 g/mol. The highest BCUT2D eigenvalue weighted by Gasteiger charge is 2.36. The third-order valence-corrected chi connectivity index (χ3v) is 6.46. The number of carbonyl (C=O) groups excluding carboxylic acids is 3. The quantitative estimate of drug-likeness (QED) is 0.169. The molecule has 0 saturated carbocycles. The lowest BCUT2D eigenvalue weighted by molar-refractivity contribution is -0.157. The highest BCUT2D eigenvalue weighted by molar-refractivity contribution is 5.75. The van der Waals surface area contributed by atoms with Crippen molar-refractivity contribution in [2.24, 2.45) is 35.3 Å². The molecule has 1 aromatic rings. The normalized spacial score (nSPS) is 15.1. The van der Waals surface area contributed by atoms with Gasteiger partial charge in [0.05, 0.1) is 19.1 Å². The maximum atomic E-state index is 12.6. The van der Waals surface area contributed by atoms with Gasteiger partial charge in [0.1, 0.15) is 12.1 Å². The van der Waals surface area contributed by atoms with Crippen LogP contribution in [-0.4, -0.2) is 54.7 Å². The zero-order chi connectivity index (χ0) is 30.7. The molecule has 40 heavy (non-hydrogen) atoms. The van der Waals surface area contributed by atoms with Gasteiger partial charge >= 0.3 is 24.2 Å². The summed E-state index contributed by atoms with van der Waals surface area (Å²) in [5, 5.41) is 9.78. The molecule has 226 valence electrons. The lowest BCUT2D eigenvalue weighted by Gasteiger charge is -2.32. The van der Waals surface area contributed by atoms with Crippen LogP contribution in [0.3, 0.4) is 0 Å². The van der Waals surface area contributed by atoms with E-state index in [2.05, 4.69) is 0 Å². The molecular formula is C29H45NO10. The number of carboxylic acids is 1. The molecule has 0 aliphatic carbocycles. The fraction of sp³-hybridized carbons (Fsp3) is 0.655. The average Bonchev–Trinajstić information content (AvgIpc) is 2.86. The minimum atomic E-state index is -1.40. The SMILES string of the molecule is CC(C)COC(=O)Oc1ccc(C(C(C)C(C)OC(=O)C(C)C(C)C)[C@H](N)C(=O)O)cc1OC(=O)OCC(C)C. The van der Waals surface area contributed by atoms with Gasteiger partial charge in [0, 0.05) is 11.8 Å². The summed E-state index contributed by atoms with van der Waals surface area (Å²) in [5.41, 5.74) is 6.47. The van der Waals surface area contributed by atoms with Crippen molar-refractivity contribution < 1.29 is 48.0 Å². The Balaban J connectivity index is 3.43. The van der Waals surface area contributed by atoms with Crippen LogP contribution in [0.4, 0.5) is 9.59 Å². The molecule has 4 unspecified atom stereocenters. The highest BCUT2D eigenvalue weighted by atomic mass is 16.7. The number of ether oxygens (including phenoxy) is 5. The third kappa shape index (κ3) is 11.0. The van der Waals surface area contributed by atoms with E-state index in [0.29, 0.717) is 5.56 Å². The first-order valence-electron chi connectivity index (χ1n) is 13.6. The van der Waals surface area contributed by atoms with E-state index in [0.717, 1.165) is 0 Å². The zero-order valence-electron chi connectivity index (χ0n) is 25.0. The second-order valence-corrected chi connectivity index (χ2v) is 11.2. The Morgan fingerprint density at radius 3 is 1.75 bits per heavy atom. The molecule has 0 saturated heterocycles. The molecule has 0 aliphatic rings. The van der Waals surface area contributed by atoms with E-state index in [1.807, 2.05) is 41.5 Å². The van der Waals surface area contributed by atoms with Crippen molar-refractivity contribution in [3.05, 3.63) is 23.8 Å². The van der Waals surface area contributed by atoms with Crippen LogP contribution in [0.1, 0.15) is 73.8 Å². The van der Waals surface area contributed by atoms with E-state index in [1.54, 1.807) is 20.8 Å². The fourth-order valence-corrected chi connectivity index (χ4v) is 3.56. The lowest BCUT2D eigenvalue weighted by atomic mass is 9.79. The second kappa shape index (κ2) is 16.1.